The molecule has 0 saturated carbocycles. The minimum absolute atomic E-state index is 0.293. The average molecular weight is 215 g/mol. The fourth-order valence-electron chi connectivity index (χ4n) is 0.821. The molecule has 0 aliphatic rings. The van der Waals surface area contributed by atoms with Crippen molar-refractivity contribution in [1.29, 1.82) is 0 Å². The Kier molecular flexibility index (Phi) is 1.28. The van der Waals surface area contributed by atoms with Crippen LogP contribution in [0.3, 0.4) is 0 Å². The zero-order valence-electron chi connectivity index (χ0n) is 5.28. The molecule has 6 heteroatoms. The molecule has 0 aromatic carbocycles. The topological polar surface area (TPSA) is 63.0 Å². The Hall–Kier alpha value is -1.17. The van der Waals surface area contributed by atoms with E-state index in [0.29, 0.717) is 10.4 Å². The molecule has 0 fully saturated rings. The number of aromatic nitrogens is 4. The van der Waals surface area contributed by atoms with E-state index in [1.807, 2.05) is 0 Å². The first-order chi connectivity index (χ1) is 5.29. The number of nitrogens with zero attached hydrogens (tertiary/aromatic N) is 3. The second-order valence-electron chi connectivity index (χ2n) is 1.94. The number of H-pyrrole nitrogens is 1. The maximum absolute atomic E-state index is 11.0. The van der Waals surface area contributed by atoms with Crippen LogP contribution in [-0.2, 0) is 0 Å². The molecule has 0 saturated heterocycles. The van der Waals surface area contributed by atoms with Crippen molar-refractivity contribution in [2.45, 2.75) is 0 Å². The SMILES string of the molecule is O=c1[nH]nc(Br)n2ccnc12. The molecule has 5 nitrogen and oxygen atoms in total. The lowest BCUT2D eigenvalue weighted by atomic mass is 10.8. The maximum Gasteiger partial charge on any atom is 0.307 e. The molecule has 2 aromatic heterocycles. The predicted molar refractivity (Wildman–Crippen MR) is 41.3 cm³/mol. The monoisotopic (exact) mass is 214 g/mol. The number of hydrogen-bond donors (Lipinski definition) is 1. The van der Waals surface area contributed by atoms with Crippen LogP contribution in [0.1, 0.15) is 0 Å². The van der Waals surface area contributed by atoms with Crippen LogP contribution in [0.4, 0.5) is 0 Å². The summed E-state index contributed by atoms with van der Waals surface area (Å²) in [6.45, 7) is 0. The van der Waals surface area contributed by atoms with Crippen molar-refractivity contribution in [2.75, 3.05) is 0 Å². The summed E-state index contributed by atoms with van der Waals surface area (Å²) < 4.78 is 2.09. The van der Waals surface area contributed by atoms with Gasteiger partial charge in [0, 0.05) is 12.4 Å². The molecule has 0 radical (unpaired) electrons. The van der Waals surface area contributed by atoms with Crippen LogP contribution >= 0.6 is 15.9 Å². The summed E-state index contributed by atoms with van der Waals surface area (Å²) in [5.41, 5.74) is 0.0464. The summed E-state index contributed by atoms with van der Waals surface area (Å²) >= 11 is 3.15. The van der Waals surface area contributed by atoms with Crippen molar-refractivity contribution in [1.82, 2.24) is 19.6 Å². The van der Waals surface area contributed by atoms with Crippen LogP contribution in [0, 0.1) is 0 Å². The van der Waals surface area contributed by atoms with E-state index in [0.717, 1.165) is 0 Å². The number of fused-ring (bicyclic) bond motifs is 1. The Balaban J connectivity index is 3.08. The first-order valence-electron chi connectivity index (χ1n) is 2.86. The van der Waals surface area contributed by atoms with Crippen molar-refractivity contribution in [3.8, 4) is 0 Å². The number of aromatic amines is 1. The van der Waals surface area contributed by atoms with Gasteiger partial charge in [0.2, 0.25) is 10.4 Å². The molecule has 0 atom stereocenters. The van der Waals surface area contributed by atoms with Gasteiger partial charge < -0.3 is 0 Å². The quantitative estimate of drug-likeness (QED) is 0.681. The van der Waals surface area contributed by atoms with Gasteiger partial charge in [-0.3, -0.25) is 9.20 Å². The highest BCUT2D eigenvalue weighted by atomic mass is 79.9. The van der Waals surface area contributed by atoms with Crippen LogP contribution in [0.2, 0.25) is 0 Å². The molecule has 11 heavy (non-hydrogen) atoms. The Labute approximate surface area is 69.2 Å². The first-order valence-corrected chi connectivity index (χ1v) is 3.65. The van der Waals surface area contributed by atoms with Gasteiger partial charge in [0.05, 0.1) is 0 Å². The van der Waals surface area contributed by atoms with E-state index in [-0.39, 0.29) is 5.56 Å². The number of nitrogens with one attached hydrogen (secondary N) is 1. The van der Waals surface area contributed by atoms with Gasteiger partial charge in [-0.1, -0.05) is 0 Å². The number of halogens is 1. The molecule has 1 N–H and O–H groups in total. The number of imidazole rings is 1. The largest absolute Gasteiger partial charge is 0.307 e. The maximum atomic E-state index is 11.0. The molecule has 2 heterocycles. The normalized spacial score (nSPS) is 10.6. The van der Waals surface area contributed by atoms with Gasteiger partial charge >= 0.3 is 5.56 Å². The fraction of sp³-hybridized carbons (Fsp3) is 0. The highest BCUT2D eigenvalue weighted by Crippen LogP contribution is 2.03. The van der Waals surface area contributed by atoms with E-state index in [2.05, 4.69) is 31.1 Å². The van der Waals surface area contributed by atoms with Gasteiger partial charge in [-0.15, -0.1) is 5.10 Å². The highest BCUT2D eigenvalue weighted by Gasteiger charge is 2.01. The van der Waals surface area contributed by atoms with E-state index in [1.165, 1.54) is 6.20 Å². The van der Waals surface area contributed by atoms with Crippen LogP contribution in [-0.4, -0.2) is 19.6 Å². The fourth-order valence-corrected chi connectivity index (χ4v) is 1.20. The first kappa shape index (κ1) is 6.53. The predicted octanol–water partition coefficient (Wildman–Crippen LogP) is 0.180. The van der Waals surface area contributed by atoms with Crippen molar-refractivity contribution in [3.05, 3.63) is 27.5 Å². The molecule has 56 valence electrons. The van der Waals surface area contributed by atoms with E-state index < -0.39 is 0 Å². The van der Waals surface area contributed by atoms with Gasteiger partial charge in [-0.05, 0) is 15.9 Å². The summed E-state index contributed by atoms with van der Waals surface area (Å²) in [6.07, 6.45) is 3.19. The van der Waals surface area contributed by atoms with Crippen molar-refractivity contribution >= 4 is 21.6 Å². The van der Waals surface area contributed by atoms with E-state index >= 15 is 0 Å². The van der Waals surface area contributed by atoms with Gasteiger partial charge in [0.15, 0.2) is 0 Å². The Morgan fingerprint density at radius 2 is 2.45 bits per heavy atom. The van der Waals surface area contributed by atoms with Gasteiger partial charge in [0.1, 0.15) is 0 Å². The Morgan fingerprint density at radius 1 is 1.64 bits per heavy atom. The third-order valence-electron chi connectivity index (χ3n) is 1.29. The summed E-state index contributed by atoms with van der Waals surface area (Å²) in [5.74, 6) is 0. The van der Waals surface area contributed by atoms with Gasteiger partial charge in [-0.2, -0.15) is 0 Å². The molecule has 0 aliphatic heterocycles. The second kappa shape index (κ2) is 2.16. The van der Waals surface area contributed by atoms with Crippen molar-refractivity contribution < 1.29 is 0 Å². The van der Waals surface area contributed by atoms with E-state index in [4.69, 9.17) is 0 Å². The van der Waals surface area contributed by atoms with Crippen molar-refractivity contribution in [2.24, 2.45) is 0 Å². The molecule has 0 aliphatic carbocycles. The molecule has 0 unspecified atom stereocenters. The Bertz CT molecular complexity index is 445. The van der Waals surface area contributed by atoms with Crippen molar-refractivity contribution in [3.63, 3.8) is 0 Å². The lowest BCUT2D eigenvalue weighted by molar-refractivity contribution is 0.879. The van der Waals surface area contributed by atoms with Crippen LogP contribution < -0.4 is 5.56 Å². The van der Waals surface area contributed by atoms with E-state index in [1.54, 1.807) is 10.6 Å². The lowest BCUT2D eigenvalue weighted by Crippen LogP contribution is -2.12. The summed E-state index contributed by atoms with van der Waals surface area (Å²) in [4.78, 5) is 14.8. The van der Waals surface area contributed by atoms with Crippen LogP contribution in [0.25, 0.3) is 5.65 Å². The minimum Gasteiger partial charge on any atom is -0.272 e. The Morgan fingerprint density at radius 3 is 3.18 bits per heavy atom. The third-order valence-corrected chi connectivity index (χ3v) is 1.85. The lowest BCUT2D eigenvalue weighted by Gasteiger charge is -1.92. The minimum atomic E-state index is -0.293. The molecular weight excluding hydrogens is 212 g/mol. The van der Waals surface area contributed by atoms with Crippen LogP contribution in [0.5, 0.6) is 0 Å². The molecule has 0 spiro atoms. The zero-order valence-corrected chi connectivity index (χ0v) is 6.87. The summed E-state index contributed by atoms with van der Waals surface area (Å²) in [5, 5.41) is 5.97. The van der Waals surface area contributed by atoms with Crippen LogP contribution in [0.15, 0.2) is 21.9 Å². The number of hydrogen-bond acceptors (Lipinski definition) is 3. The molecule has 0 bridgehead atoms. The molecule has 0 amide bonds. The second-order valence-corrected chi connectivity index (χ2v) is 2.65. The van der Waals surface area contributed by atoms with Gasteiger partial charge in [-0.25, -0.2) is 10.1 Å². The summed E-state index contributed by atoms with van der Waals surface area (Å²) in [7, 11) is 0. The summed E-state index contributed by atoms with van der Waals surface area (Å²) in [6, 6.07) is 0. The standard InChI is InChI=1S/C5H3BrN4O/c6-5-9-8-4(11)3-7-1-2-10(3)5/h1-2H,(H,8,11). The highest BCUT2D eigenvalue weighted by molar-refractivity contribution is 9.10. The van der Waals surface area contributed by atoms with Gasteiger partial charge in [0.25, 0.3) is 0 Å². The molecule has 2 aromatic rings. The molecule has 2 rings (SSSR count). The smallest absolute Gasteiger partial charge is 0.272 e. The average Bonchev–Trinajstić information content (AvgIpc) is 2.45. The zero-order chi connectivity index (χ0) is 7.84. The van der Waals surface area contributed by atoms with E-state index in [9.17, 15) is 4.79 Å². The number of rotatable bonds is 0. The molecular formula is C5H3BrN4O. The third kappa shape index (κ3) is 0.864.